The lowest BCUT2D eigenvalue weighted by Crippen LogP contribution is -2.48. The molecular formula is C34H28N4O4. The van der Waals surface area contributed by atoms with E-state index in [1.807, 2.05) is 12.1 Å². The standard InChI is InChI=1S/C34H28N4O4/c39-31-21-13-11-19-27-25(21)23(33(41)37(31)17-7-3-1-4-8-17)15-35-29(27)20-12-14-22-26-24(16-36-30(19)28(20)26)34(42)38(32(22)40)18-9-5-2-6-10-18/h11-18H,1-10H2. The summed E-state index contributed by atoms with van der Waals surface area (Å²) in [5.41, 5.74) is 3.20. The lowest BCUT2D eigenvalue weighted by molar-refractivity contribution is 0.0487. The fourth-order valence-corrected chi connectivity index (χ4v) is 8.30. The number of carbonyl (C=O) groups is 4. The zero-order valence-corrected chi connectivity index (χ0v) is 23.1. The Labute approximate surface area is 241 Å². The van der Waals surface area contributed by atoms with Crippen LogP contribution in [0, 0.1) is 0 Å². The molecule has 2 aliphatic heterocycles. The molecule has 3 aromatic carbocycles. The first-order valence-electron chi connectivity index (χ1n) is 15.2. The smallest absolute Gasteiger partial charge is 0.263 e. The van der Waals surface area contributed by atoms with Crippen molar-refractivity contribution in [2.75, 3.05) is 0 Å². The largest absolute Gasteiger partial charge is 0.271 e. The van der Waals surface area contributed by atoms with Gasteiger partial charge in [0.25, 0.3) is 23.6 Å². The van der Waals surface area contributed by atoms with Crippen LogP contribution >= 0.6 is 0 Å². The topological polar surface area (TPSA) is 101 Å². The van der Waals surface area contributed by atoms with Gasteiger partial charge in [0.1, 0.15) is 0 Å². The summed E-state index contributed by atoms with van der Waals surface area (Å²) in [5.74, 6) is -1.05. The van der Waals surface area contributed by atoms with Crippen molar-refractivity contribution in [3.05, 3.63) is 58.9 Å². The predicted molar refractivity (Wildman–Crippen MR) is 158 cm³/mol. The van der Waals surface area contributed by atoms with Gasteiger partial charge in [0.05, 0.1) is 22.2 Å². The summed E-state index contributed by atoms with van der Waals surface area (Å²) in [5, 5.41) is 4.23. The molecule has 0 saturated heterocycles. The van der Waals surface area contributed by atoms with Crippen LogP contribution < -0.4 is 0 Å². The number of imide groups is 2. The number of aromatic nitrogens is 2. The van der Waals surface area contributed by atoms with Crippen LogP contribution in [-0.4, -0.2) is 55.5 Å². The van der Waals surface area contributed by atoms with Gasteiger partial charge in [-0.3, -0.25) is 38.9 Å². The van der Waals surface area contributed by atoms with Crippen molar-refractivity contribution in [1.29, 1.82) is 0 Å². The first-order valence-corrected chi connectivity index (χ1v) is 15.2. The van der Waals surface area contributed by atoms with Crippen LogP contribution in [0.3, 0.4) is 0 Å². The van der Waals surface area contributed by atoms with Gasteiger partial charge in [0.2, 0.25) is 0 Å². The molecule has 2 aliphatic carbocycles. The first-order chi connectivity index (χ1) is 20.5. The lowest BCUT2D eigenvalue weighted by atomic mass is 9.84. The van der Waals surface area contributed by atoms with Gasteiger partial charge in [-0.2, -0.15) is 0 Å². The third kappa shape index (κ3) is 2.97. The number of hydrogen-bond acceptors (Lipinski definition) is 6. The summed E-state index contributed by atoms with van der Waals surface area (Å²) in [6.07, 6.45) is 12.8. The summed E-state index contributed by atoms with van der Waals surface area (Å²) in [7, 11) is 0. The van der Waals surface area contributed by atoms with Crippen molar-refractivity contribution < 1.29 is 19.2 Å². The normalized spacial score (nSPS) is 20.3. The molecule has 9 rings (SSSR count). The quantitative estimate of drug-likeness (QED) is 0.142. The molecule has 4 aliphatic rings. The van der Waals surface area contributed by atoms with Crippen LogP contribution in [0.15, 0.2) is 36.7 Å². The van der Waals surface area contributed by atoms with E-state index in [0.717, 1.165) is 85.8 Å². The maximum Gasteiger partial charge on any atom is 0.263 e. The summed E-state index contributed by atoms with van der Waals surface area (Å²) in [6.45, 7) is 0. The van der Waals surface area contributed by atoms with Gasteiger partial charge < -0.3 is 0 Å². The van der Waals surface area contributed by atoms with Gasteiger partial charge in [-0.1, -0.05) is 50.7 Å². The highest BCUT2D eigenvalue weighted by Gasteiger charge is 2.41. The zero-order valence-electron chi connectivity index (χ0n) is 23.1. The van der Waals surface area contributed by atoms with Crippen molar-refractivity contribution in [3.8, 4) is 0 Å². The zero-order chi connectivity index (χ0) is 28.3. The number of rotatable bonds is 2. The van der Waals surface area contributed by atoms with E-state index in [1.54, 1.807) is 24.5 Å². The molecule has 8 heteroatoms. The molecule has 0 atom stereocenters. The van der Waals surface area contributed by atoms with Crippen molar-refractivity contribution in [2.45, 2.75) is 76.3 Å². The van der Waals surface area contributed by atoms with Gasteiger partial charge in [0, 0.05) is 67.9 Å². The summed E-state index contributed by atoms with van der Waals surface area (Å²) >= 11 is 0. The minimum Gasteiger partial charge on any atom is -0.271 e. The fraction of sp³-hybridized carbons (Fsp3) is 0.353. The number of carbonyl (C=O) groups excluding carboxylic acids is 4. The molecule has 5 aromatic rings. The molecule has 42 heavy (non-hydrogen) atoms. The summed E-state index contributed by atoms with van der Waals surface area (Å²) in [6, 6.07) is 7.21. The SMILES string of the molecule is O=C1c2ccc3c4ncc5c6c(ccc(c7ncc(c2c37)C(=O)N1C1CCCCC1)c64)C(=O)N(C1CCCCC1)C5=O. The first kappa shape index (κ1) is 24.2. The van der Waals surface area contributed by atoms with E-state index in [-0.39, 0.29) is 35.7 Å². The Kier molecular flexibility index (Phi) is 4.91. The molecule has 0 radical (unpaired) electrons. The maximum absolute atomic E-state index is 13.8. The molecule has 0 N–H and O–H groups in total. The lowest BCUT2D eigenvalue weighted by Gasteiger charge is -2.36. The number of nitrogens with zero attached hydrogens (tertiary/aromatic N) is 4. The van der Waals surface area contributed by atoms with Crippen LogP contribution in [0.4, 0.5) is 0 Å². The van der Waals surface area contributed by atoms with Crippen LogP contribution in [0.1, 0.15) is 106 Å². The summed E-state index contributed by atoms with van der Waals surface area (Å²) < 4.78 is 0. The number of pyridine rings is 2. The Balaban J connectivity index is 1.29. The van der Waals surface area contributed by atoms with Crippen molar-refractivity contribution in [2.24, 2.45) is 0 Å². The van der Waals surface area contributed by atoms with Crippen molar-refractivity contribution in [1.82, 2.24) is 19.8 Å². The minimum absolute atomic E-state index is 0.0871. The molecular weight excluding hydrogens is 528 g/mol. The molecule has 2 saturated carbocycles. The van der Waals surface area contributed by atoms with Crippen LogP contribution in [0.5, 0.6) is 0 Å². The minimum atomic E-state index is -0.279. The number of fused-ring (bicyclic) bond motifs is 2. The third-order valence-electron chi connectivity index (χ3n) is 10.3. The fourth-order valence-electron chi connectivity index (χ4n) is 8.30. The number of amides is 4. The van der Waals surface area contributed by atoms with Gasteiger partial charge in [-0.05, 0) is 37.8 Å². The molecule has 4 amide bonds. The van der Waals surface area contributed by atoms with Gasteiger partial charge in [-0.25, -0.2) is 0 Å². The van der Waals surface area contributed by atoms with E-state index >= 15 is 0 Å². The van der Waals surface area contributed by atoms with Gasteiger partial charge >= 0.3 is 0 Å². The molecule has 2 aromatic heterocycles. The average molecular weight is 557 g/mol. The molecule has 0 spiro atoms. The van der Waals surface area contributed by atoms with Crippen LogP contribution in [0.25, 0.3) is 43.4 Å². The average Bonchev–Trinajstić information content (AvgIpc) is 3.03. The molecule has 0 bridgehead atoms. The Hall–Kier alpha value is -4.46. The number of benzene rings is 3. The maximum atomic E-state index is 13.8. The van der Waals surface area contributed by atoms with E-state index < -0.39 is 0 Å². The van der Waals surface area contributed by atoms with E-state index in [9.17, 15) is 19.2 Å². The Morgan fingerprint density at radius 3 is 1.26 bits per heavy atom. The molecule has 0 unspecified atom stereocenters. The highest BCUT2D eigenvalue weighted by Crippen LogP contribution is 2.45. The van der Waals surface area contributed by atoms with E-state index in [1.165, 1.54) is 9.80 Å². The molecule has 2 fully saturated rings. The van der Waals surface area contributed by atoms with Gasteiger partial charge in [-0.15, -0.1) is 0 Å². The second-order valence-electron chi connectivity index (χ2n) is 12.4. The Morgan fingerprint density at radius 1 is 0.476 bits per heavy atom. The second kappa shape index (κ2) is 8.53. The molecule has 4 heterocycles. The van der Waals surface area contributed by atoms with Crippen molar-refractivity contribution in [3.63, 3.8) is 0 Å². The predicted octanol–water partition coefficient (Wildman–Crippen LogP) is 6.38. The Bertz CT molecular complexity index is 1790. The monoisotopic (exact) mass is 556 g/mol. The Morgan fingerprint density at radius 2 is 0.857 bits per heavy atom. The molecule has 208 valence electrons. The van der Waals surface area contributed by atoms with Gasteiger partial charge in [0.15, 0.2) is 0 Å². The number of hydrogen-bond donors (Lipinski definition) is 0. The van der Waals surface area contributed by atoms with Crippen LogP contribution in [0.2, 0.25) is 0 Å². The highest BCUT2D eigenvalue weighted by molar-refractivity contribution is 6.39. The third-order valence-corrected chi connectivity index (χ3v) is 10.3. The summed E-state index contributed by atoms with van der Waals surface area (Å²) in [4.78, 5) is 67.9. The van der Waals surface area contributed by atoms with E-state index in [2.05, 4.69) is 0 Å². The molecule has 8 nitrogen and oxygen atoms in total. The van der Waals surface area contributed by atoms with E-state index in [4.69, 9.17) is 9.97 Å². The highest BCUT2D eigenvalue weighted by atomic mass is 16.2. The van der Waals surface area contributed by atoms with E-state index in [0.29, 0.717) is 44.1 Å². The van der Waals surface area contributed by atoms with Crippen molar-refractivity contribution >= 4 is 67.0 Å². The van der Waals surface area contributed by atoms with Crippen LogP contribution in [-0.2, 0) is 0 Å². The second-order valence-corrected chi connectivity index (χ2v) is 12.4.